The Balaban J connectivity index is 2.76. The molecule has 1 aromatic rings. The standard InChI is InChI=1S/C10H15N3O4S/c1-7(6-18(3,15)16)12-8-4-5-11-9(13-8)10(14)17-2/h4-5,7H,6H2,1-3H3,(H,11,12,13). The van der Waals surface area contributed by atoms with E-state index in [4.69, 9.17) is 0 Å². The maximum absolute atomic E-state index is 11.2. The summed E-state index contributed by atoms with van der Waals surface area (Å²) in [5.41, 5.74) is 0. The zero-order chi connectivity index (χ0) is 13.8. The van der Waals surface area contributed by atoms with Crippen LogP contribution in [-0.4, -0.2) is 49.5 Å². The molecule has 0 fully saturated rings. The van der Waals surface area contributed by atoms with Gasteiger partial charge < -0.3 is 10.1 Å². The first kappa shape index (κ1) is 14.4. The van der Waals surface area contributed by atoms with E-state index in [0.29, 0.717) is 5.82 Å². The molecule has 1 heterocycles. The second kappa shape index (κ2) is 5.76. The minimum atomic E-state index is -3.07. The van der Waals surface area contributed by atoms with Crippen molar-refractivity contribution < 1.29 is 17.9 Å². The first-order valence-electron chi connectivity index (χ1n) is 5.17. The third-order valence-electron chi connectivity index (χ3n) is 1.97. The number of nitrogens with one attached hydrogen (secondary N) is 1. The normalized spacial score (nSPS) is 12.8. The second-order valence-corrected chi connectivity index (χ2v) is 6.08. The van der Waals surface area contributed by atoms with Gasteiger partial charge in [-0.25, -0.2) is 23.2 Å². The molecule has 7 nitrogen and oxygen atoms in total. The minimum absolute atomic E-state index is 0.0233. The Morgan fingerprint density at radius 3 is 2.78 bits per heavy atom. The Morgan fingerprint density at radius 1 is 1.56 bits per heavy atom. The van der Waals surface area contributed by atoms with Crippen molar-refractivity contribution in [3.8, 4) is 0 Å². The van der Waals surface area contributed by atoms with Crippen molar-refractivity contribution in [2.75, 3.05) is 24.4 Å². The Kier molecular flexibility index (Phi) is 4.60. The molecule has 0 aliphatic rings. The number of rotatable bonds is 5. The average molecular weight is 273 g/mol. The van der Waals surface area contributed by atoms with Gasteiger partial charge in [-0.05, 0) is 13.0 Å². The van der Waals surface area contributed by atoms with Crippen LogP contribution >= 0.6 is 0 Å². The highest BCUT2D eigenvalue weighted by atomic mass is 32.2. The molecule has 18 heavy (non-hydrogen) atoms. The van der Waals surface area contributed by atoms with Crippen molar-refractivity contribution in [2.24, 2.45) is 0 Å². The van der Waals surface area contributed by atoms with Gasteiger partial charge in [0.2, 0.25) is 5.82 Å². The van der Waals surface area contributed by atoms with Crippen LogP contribution in [0.2, 0.25) is 0 Å². The number of ether oxygens (including phenoxy) is 1. The summed E-state index contributed by atoms with van der Waals surface area (Å²) < 4.78 is 26.7. The largest absolute Gasteiger partial charge is 0.463 e. The van der Waals surface area contributed by atoms with Crippen molar-refractivity contribution in [1.82, 2.24) is 9.97 Å². The highest BCUT2D eigenvalue weighted by molar-refractivity contribution is 7.90. The minimum Gasteiger partial charge on any atom is -0.463 e. The van der Waals surface area contributed by atoms with E-state index < -0.39 is 15.8 Å². The molecular weight excluding hydrogens is 258 g/mol. The topological polar surface area (TPSA) is 98.2 Å². The highest BCUT2D eigenvalue weighted by Gasteiger charge is 2.13. The van der Waals surface area contributed by atoms with Crippen molar-refractivity contribution in [3.05, 3.63) is 18.1 Å². The number of esters is 1. The fourth-order valence-electron chi connectivity index (χ4n) is 1.38. The Morgan fingerprint density at radius 2 is 2.22 bits per heavy atom. The molecule has 1 atom stereocenters. The van der Waals surface area contributed by atoms with E-state index in [1.54, 1.807) is 13.0 Å². The number of carbonyl (C=O) groups is 1. The lowest BCUT2D eigenvalue weighted by molar-refractivity contribution is 0.0587. The predicted octanol–water partition coefficient (Wildman–Crippen LogP) is 0.108. The third-order valence-corrected chi connectivity index (χ3v) is 3.08. The van der Waals surface area contributed by atoms with E-state index in [2.05, 4.69) is 20.0 Å². The summed E-state index contributed by atoms with van der Waals surface area (Å²) in [6.07, 6.45) is 2.56. The molecule has 1 unspecified atom stereocenters. The maximum atomic E-state index is 11.2. The fourth-order valence-corrected chi connectivity index (χ4v) is 2.37. The third kappa shape index (κ3) is 4.66. The lowest BCUT2D eigenvalue weighted by Crippen LogP contribution is -2.25. The molecule has 0 radical (unpaired) electrons. The van der Waals surface area contributed by atoms with Crippen LogP contribution < -0.4 is 5.32 Å². The number of hydrogen-bond donors (Lipinski definition) is 1. The Labute approximate surface area is 106 Å². The van der Waals surface area contributed by atoms with Gasteiger partial charge in [-0.15, -0.1) is 0 Å². The molecule has 0 amide bonds. The monoisotopic (exact) mass is 273 g/mol. The van der Waals surface area contributed by atoms with Gasteiger partial charge in [0.1, 0.15) is 15.7 Å². The molecule has 1 N–H and O–H groups in total. The lowest BCUT2D eigenvalue weighted by Gasteiger charge is -2.13. The molecule has 0 saturated heterocycles. The summed E-state index contributed by atoms with van der Waals surface area (Å²) in [5, 5.41) is 2.88. The summed E-state index contributed by atoms with van der Waals surface area (Å²) in [6.45, 7) is 1.71. The average Bonchev–Trinajstić information content (AvgIpc) is 2.25. The molecule has 0 spiro atoms. The maximum Gasteiger partial charge on any atom is 0.376 e. The molecule has 0 aliphatic heterocycles. The van der Waals surface area contributed by atoms with Gasteiger partial charge in [-0.1, -0.05) is 0 Å². The number of aromatic nitrogens is 2. The first-order chi connectivity index (χ1) is 8.31. The van der Waals surface area contributed by atoms with Gasteiger partial charge in [-0.3, -0.25) is 0 Å². The van der Waals surface area contributed by atoms with Crippen LogP contribution in [0.25, 0.3) is 0 Å². The van der Waals surface area contributed by atoms with Crippen LogP contribution in [0.3, 0.4) is 0 Å². The molecule has 0 bridgehead atoms. The van der Waals surface area contributed by atoms with Crippen LogP contribution in [0.1, 0.15) is 17.5 Å². The zero-order valence-electron chi connectivity index (χ0n) is 10.4. The Bertz CT molecular complexity index is 530. The molecular formula is C10H15N3O4S. The lowest BCUT2D eigenvalue weighted by atomic mass is 10.4. The van der Waals surface area contributed by atoms with E-state index in [-0.39, 0.29) is 17.6 Å². The summed E-state index contributed by atoms with van der Waals surface area (Å²) >= 11 is 0. The molecule has 1 aromatic heterocycles. The highest BCUT2D eigenvalue weighted by Crippen LogP contribution is 2.06. The number of sulfone groups is 1. The predicted molar refractivity (Wildman–Crippen MR) is 66.2 cm³/mol. The number of methoxy groups -OCH3 is 1. The molecule has 8 heteroatoms. The molecule has 0 saturated carbocycles. The quantitative estimate of drug-likeness (QED) is 0.760. The Hall–Kier alpha value is -1.70. The van der Waals surface area contributed by atoms with Gasteiger partial charge in [0.05, 0.1) is 12.9 Å². The molecule has 1 rings (SSSR count). The van der Waals surface area contributed by atoms with Crippen LogP contribution in [-0.2, 0) is 14.6 Å². The number of hydrogen-bond acceptors (Lipinski definition) is 7. The van der Waals surface area contributed by atoms with Gasteiger partial charge in [-0.2, -0.15) is 0 Å². The number of anilines is 1. The summed E-state index contributed by atoms with van der Waals surface area (Å²) in [5.74, 6) is -0.366. The van der Waals surface area contributed by atoms with Crippen molar-refractivity contribution in [2.45, 2.75) is 13.0 Å². The van der Waals surface area contributed by atoms with Crippen molar-refractivity contribution >= 4 is 21.6 Å². The summed E-state index contributed by atoms with van der Waals surface area (Å²) in [6, 6.07) is 1.23. The summed E-state index contributed by atoms with van der Waals surface area (Å²) in [7, 11) is -1.84. The fraction of sp³-hybridized carbons (Fsp3) is 0.500. The smallest absolute Gasteiger partial charge is 0.376 e. The number of nitrogens with zero attached hydrogens (tertiary/aromatic N) is 2. The summed E-state index contributed by atoms with van der Waals surface area (Å²) in [4.78, 5) is 18.9. The van der Waals surface area contributed by atoms with E-state index in [9.17, 15) is 13.2 Å². The van der Waals surface area contributed by atoms with E-state index >= 15 is 0 Å². The van der Waals surface area contributed by atoms with Gasteiger partial charge >= 0.3 is 5.97 Å². The van der Waals surface area contributed by atoms with E-state index in [1.165, 1.54) is 13.3 Å². The van der Waals surface area contributed by atoms with Gasteiger partial charge in [0, 0.05) is 18.5 Å². The van der Waals surface area contributed by atoms with Crippen LogP contribution in [0, 0.1) is 0 Å². The molecule has 0 aromatic carbocycles. The number of carbonyl (C=O) groups excluding carboxylic acids is 1. The second-order valence-electron chi connectivity index (χ2n) is 3.89. The molecule has 100 valence electrons. The zero-order valence-corrected chi connectivity index (χ0v) is 11.2. The van der Waals surface area contributed by atoms with Crippen LogP contribution in [0.5, 0.6) is 0 Å². The van der Waals surface area contributed by atoms with Crippen molar-refractivity contribution in [3.63, 3.8) is 0 Å². The SMILES string of the molecule is COC(=O)c1nccc(NC(C)CS(C)(=O)=O)n1. The van der Waals surface area contributed by atoms with Crippen molar-refractivity contribution in [1.29, 1.82) is 0 Å². The van der Waals surface area contributed by atoms with Gasteiger partial charge in [0.25, 0.3) is 0 Å². The van der Waals surface area contributed by atoms with Crippen LogP contribution in [0.15, 0.2) is 12.3 Å². The van der Waals surface area contributed by atoms with Crippen LogP contribution in [0.4, 0.5) is 5.82 Å². The first-order valence-corrected chi connectivity index (χ1v) is 7.23. The molecule has 0 aliphatic carbocycles. The van der Waals surface area contributed by atoms with Gasteiger partial charge in [0.15, 0.2) is 0 Å². The van der Waals surface area contributed by atoms with E-state index in [1.807, 2.05) is 0 Å². The van der Waals surface area contributed by atoms with E-state index in [0.717, 1.165) is 6.26 Å².